The molecule has 4 aromatic heterocycles. The van der Waals surface area contributed by atoms with Crippen molar-refractivity contribution < 1.29 is 35.1 Å². The summed E-state index contributed by atoms with van der Waals surface area (Å²) >= 11 is 0. The maximum absolute atomic E-state index is 14.8. The van der Waals surface area contributed by atoms with E-state index in [1.807, 2.05) is 0 Å². The van der Waals surface area contributed by atoms with Crippen molar-refractivity contribution in [2.24, 2.45) is 0 Å². The topological polar surface area (TPSA) is 68.7 Å². The van der Waals surface area contributed by atoms with Crippen LogP contribution in [-0.2, 0) is 0 Å². The van der Waals surface area contributed by atoms with E-state index in [0.717, 1.165) is 12.1 Å². The Morgan fingerprint density at radius 3 is 1.15 bits per heavy atom. The first-order valence-electron chi connectivity index (χ1n) is 11.2. The Bertz CT molecular complexity index is 2450. The van der Waals surface area contributed by atoms with Crippen LogP contribution in [0.2, 0.25) is 0 Å². The van der Waals surface area contributed by atoms with Crippen molar-refractivity contribution in [2.45, 2.75) is 0 Å². The van der Waals surface area contributed by atoms with E-state index in [-0.39, 0.29) is 32.3 Å². The predicted molar refractivity (Wildman–Crippen MR) is 126 cm³/mol. The van der Waals surface area contributed by atoms with Crippen molar-refractivity contribution in [3.8, 4) is 0 Å². The van der Waals surface area contributed by atoms with Crippen LogP contribution in [0.3, 0.4) is 0 Å². The molecule has 4 heterocycles. The van der Waals surface area contributed by atoms with Crippen molar-refractivity contribution in [3.63, 3.8) is 0 Å². The monoisotopic (exact) mass is 556 g/mol. The van der Waals surface area contributed by atoms with Gasteiger partial charge in [-0.25, -0.2) is 45.1 Å². The Labute approximate surface area is 211 Å². The molecule has 0 fully saturated rings. The van der Waals surface area contributed by atoms with Gasteiger partial charge in [0.15, 0.2) is 46.5 Å². The molecule has 0 radical (unpaired) electrons. The molecule has 0 aliphatic carbocycles. The number of imidazole rings is 2. The SMILES string of the molecule is O=c1c2ccc3c(=O)n4c(nc5c(F)c(F)c(F)c(F)c54)c4ccc(c2c34)c2nc3c(F)c(F)c(F)c(F)c3n12. The third-order valence-electron chi connectivity index (χ3n) is 7.25. The highest BCUT2D eigenvalue weighted by molar-refractivity contribution is 6.27. The van der Waals surface area contributed by atoms with Crippen LogP contribution in [0, 0.1) is 46.5 Å². The molecule has 0 unspecified atom stereocenters. The standard InChI is InChI=1S/C26H4F8N4O2/c27-11-13(29)17(33)21-19(15(11)31)35-23-5-1-2-6-10-8(4-3-7(9(5)10)25(39)37(21)23)26(40)38-22-18(34)14(30)12(28)16(32)20(22)36-24(6)38/h1-4H. The molecule has 196 valence electrons. The molecule has 6 nitrogen and oxygen atoms in total. The lowest BCUT2D eigenvalue weighted by Gasteiger charge is -2.12. The maximum Gasteiger partial charge on any atom is 0.264 e. The molecular formula is C26H4F8N4O2. The Balaban J connectivity index is 1.67. The number of hydrogen-bond donors (Lipinski definition) is 0. The van der Waals surface area contributed by atoms with Crippen molar-refractivity contribution in [1.82, 2.24) is 18.8 Å². The van der Waals surface area contributed by atoms with Crippen LogP contribution in [0.25, 0.3) is 65.7 Å². The minimum atomic E-state index is -2.15. The maximum atomic E-state index is 14.8. The van der Waals surface area contributed by atoms with Gasteiger partial charge in [0.25, 0.3) is 11.1 Å². The van der Waals surface area contributed by atoms with Gasteiger partial charge >= 0.3 is 0 Å². The summed E-state index contributed by atoms with van der Waals surface area (Å²) in [5.74, 6) is -15.9. The molecular weight excluding hydrogens is 552 g/mol. The molecule has 0 N–H and O–H groups in total. The van der Waals surface area contributed by atoms with Crippen LogP contribution in [0.1, 0.15) is 0 Å². The summed E-state index contributed by atoms with van der Waals surface area (Å²) in [5.41, 5.74) is -6.63. The van der Waals surface area contributed by atoms with Gasteiger partial charge < -0.3 is 0 Å². The minimum Gasteiger partial charge on any atom is -0.268 e. The number of benzene rings is 4. The van der Waals surface area contributed by atoms with E-state index < -0.39 is 91.0 Å². The molecule has 0 aliphatic rings. The van der Waals surface area contributed by atoms with E-state index >= 15 is 0 Å². The molecule has 4 aromatic carbocycles. The molecule has 14 heteroatoms. The van der Waals surface area contributed by atoms with Crippen molar-refractivity contribution in [3.05, 3.63) is 91.5 Å². The quantitative estimate of drug-likeness (QED) is 0.108. The zero-order valence-electron chi connectivity index (χ0n) is 18.9. The van der Waals surface area contributed by atoms with Gasteiger partial charge in [-0.15, -0.1) is 0 Å². The molecule has 8 aromatic rings. The molecule has 0 bridgehead atoms. The third-order valence-corrected chi connectivity index (χ3v) is 7.25. The lowest BCUT2D eigenvalue weighted by molar-refractivity contribution is 0.416. The fourth-order valence-electron chi connectivity index (χ4n) is 5.58. The average Bonchev–Trinajstić information content (AvgIpc) is 3.55. The lowest BCUT2D eigenvalue weighted by Crippen LogP contribution is -2.17. The summed E-state index contributed by atoms with van der Waals surface area (Å²) < 4.78 is 116. The van der Waals surface area contributed by atoms with E-state index in [9.17, 15) is 44.7 Å². The number of hydrogen-bond acceptors (Lipinski definition) is 4. The molecule has 0 aliphatic heterocycles. The van der Waals surface area contributed by atoms with E-state index in [0.29, 0.717) is 8.80 Å². The Morgan fingerprint density at radius 1 is 0.450 bits per heavy atom. The van der Waals surface area contributed by atoms with Crippen LogP contribution in [-0.4, -0.2) is 18.8 Å². The Hall–Kier alpha value is -5.14. The van der Waals surface area contributed by atoms with E-state index in [2.05, 4.69) is 9.97 Å². The van der Waals surface area contributed by atoms with Crippen molar-refractivity contribution >= 4 is 65.7 Å². The van der Waals surface area contributed by atoms with Gasteiger partial charge in [-0.05, 0) is 24.3 Å². The summed E-state index contributed by atoms with van der Waals surface area (Å²) in [6.07, 6.45) is 0. The Morgan fingerprint density at radius 2 is 0.775 bits per heavy atom. The van der Waals surface area contributed by atoms with Gasteiger partial charge in [0.1, 0.15) is 33.4 Å². The van der Waals surface area contributed by atoms with E-state index in [4.69, 9.17) is 0 Å². The summed E-state index contributed by atoms with van der Waals surface area (Å²) in [7, 11) is 0. The summed E-state index contributed by atoms with van der Waals surface area (Å²) in [6.45, 7) is 0. The van der Waals surface area contributed by atoms with E-state index in [1.54, 1.807) is 0 Å². The zero-order valence-corrected chi connectivity index (χ0v) is 18.9. The number of aromatic nitrogens is 4. The molecule has 0 amide bonds. The molecule has 0 atom stereocenters. The fourth-order valence-corrected chi connectivity index (χ4v) is 5.58. The first-order chi connectivity index (χ1) is 19.0. The summed E-state index contributed by atoms with van der Waals surface area (Å²) in [5, 5.41) is -0.266. The van der Waals surface area contributed by atoms with Crippen LogP contribution in [0.4, 0.5) is 35.1 Å². The fraction of sp³-hybridized carbons (Fsp3) is 0. The van der Waals surface area contributed by atoms with Gasteiger partial charge in [-0.3, -0.25) is 18.4 Å². The Kier molecular flexibility index (Phi) is 3.93. The molecule has 0 saturated carbocycles. The third kappa shape index (κ3) is 2.28. The number of fused-ring (bicyclic) bond motifs is 8. The highest BCUT2D eigenvalue weighted by atomic mass is 19.2. The first-order valence-corrected chi connectivity index (χ1v) is 11.2. The molecule has 40 heavy (non-hydrogen) atoms. The summed E-state index contributed by atoms with van der Waals surface area (Å²) in [6, 6.07) is 4.83. The summed E-state index contributed by atoms with van der Waals surface area (Å²) in [4.78, 5) is 34.8. The second-order valence-corrected chi connectivity index (χ2v) is 9.13. The van der Waals surface area contributed by atoms with Gasteiger partial charge in [0.2, 0.25) is 0 Å². The van der Waals surface area contributed by atoms with Gasteiger partial charge in [0.05, 0.1) is 0 Å². The van der Waals surface area contributed by atoms with E-state index in [1.165, 1.54) is 12.1 Å². The number of rotatable bonds is 0. The van der Waals surface area contributed by atoms with Crippen molar-refractivity contribution in [2.75, 3.05) is 0 Å². The molecule has 0 saturated heterocycles. The second-order valence-electron chi connectivity index (χ2n) is 9.13. The van der Waals surface area contributed by atoms with Gasteiger partial charge in [0, 0.05) is 32.3 Å². The van der Waals surface area contributed by atoms with Gasteiger partial charge in [-0.1, -0.05) is 0 Å². The van der Waals surface area contributed by atoms with Gasteiger partial charge in [-0.2, -0.15) is 0 Å². The number of pyridine rings is 2. The molecule has 0 spiro atoms. The molecule has 8 rings (SSSR count). The highest BCUT2D eigenvalue weighted by Crippen LogP contribution is 2.38. The highest BCUT2D eigenvalue weighted by Gasteiger charge is 2.30. The first kappa shape index (κ1) is 22.8. The second kappa shape index (κ2) is 6.89. The normalized spacial score (nSPS) is 12.7. The average molecular weight is 556 g/mol. The predicted octanol–water partition coefficient (Wildman–Crippen LogP) is 5.46. The van der Waals surface area contributed by atoms with Crippen LogP contribution >= 0.6 is 0 Å². The lowest BCUT2D eigenvalue weighted by atomic mass is 9.96. The van der Waals surface area contributed by atoms with Crippen LogP contribution in [0.15, 0.2) is 33.9 Å². The smallest absolute Gasteiger partial charge is 0.264 e. The number of halogens is 8. The number of nitrogens with zero attached hydrogens (tertiary/aromatic N) is 4. The largest absolute Gasteiger partial charge is 0.268 e. The zero-order chi connectivity index (χ0) is 28.1. The van der Waals surface area contributed by atoms with Crippen molar-refractivity contribution in [1.29, 1.82) is 0 Å². The van der Waals surface area contributed by atoms with Crippen LogP contribution < -0.4 is 11.1 Å². The minimum absolute atomic E-state index is 0.0227. The van der Waals surface area contributed by atoms with Crippen LogP contribution in [0.5, 0.6) is 0 Å².